The standard InChI is InChI=1S/C5H8O3.Na/c1-2-8-4-3-5(6)7;/h3-4H,2H2,1H3,(H,6,7);/q;+1/p-1/b4-3+;. The van der Waals surface area contributed by atoms with Crippen molar-refractivity contribution in [2.75, 3.05) is 6.61 Å². The van der Waals surface area contributed by atoms with Crippen LogP contribution < -0.4 is 34.7 Å². The van der Waals surface area contributed by atoms with Gasteiger partial charge in [-0.3, -0.25) is 0 Å². The van der Waals surface area contributed by atoms with Crippen LogP contribution in [-0.4, -0.2) is 12.6 Å². The molecule has 4 heteroatoms. The maximum atomic E-state index is 9.60. The van der Waals surface area contributed by atoms with Crippen molar-refractivity contribution in [1.82, 2.24) is 0 Å². The van der Waals surface area contributed by atoms with Crippen LogP contribution in [0.25, 0.3) is 0 Å². The van der Waals surface area contributed by atoms with Crippen molar-refractivity contribution >= 4 is 5.97 Å². The third-order valence-electron chi connectivity index (χ3n) is 0.467. The molecule has 0 aliphatic carbocycles. The first-order chi connectivity index (χ1) is 3.77. The molecule has 9 heavy (non-hydrogen) atoms. The van der Waals surface area contributed by atoms with Gasteiger partial charge in [-0.1, -0.05) is 0 Å². The monoisotopic (exact) mass is 138 g/mol. The van der Waals surface area contributed by atoms with Gasteiger partial charge >= 0.3 is 29.6 Å². The number of carboxylic acids is 1. The van der Waals surface area contributed by atoms with E-state index in [4.69, 9.17) is 0 Å². The number of hydrogen-bond acceptors (Lipinski definition) is 3. The molecule has 0 aromatic heterocycles. The van der Waals surface area contributed by atoms with Crippen molar-refractivity contribution in [1.29, 1.82) is 0 Å². The molecule has 0 aromatic rings. The zero-order valence-corrected chi connectivity index (χ0v) is 7.59. The van der Waals surface area contributed by atoms with E-state index in [1.807, 2.05) is 0 Å². The Labute approximate surface area is 76.0 Å². The Morgan fingerprint density at radius 1 is 1.78 bits per heavy atom. The fourth-order valence-corrected chi connectivity index (χ4v) is 0.200. The average molecular weight is 138 g/mol. The van der Waals surface area contributed by atoms with Gasteiger partial charge in [-0.25, -0.2) is 0 Å². The zero-order valence-electron chi connectivity index (χ0n) is 5.59. The molecule has 0 bridgehead atoms. The summed E-state index contributed by atoms with van der Waals surface area (Å²) in [6, 6.07) is 0. The van der Waals surface area contributed by atoms with Crippen LogP contribution in [-0.2, 0) is 9.53 Å². The van der Waals surface area contributed by atoms with Crippen LogP contribution in [0.4, 0.5) is 0 Å². The summed E-state index contributed by atoms with van der Waals surface area (Å²) < 4.78 is 4.54. The predicted molar refractivity (Wildman–Crippen MR) is 25.8 cm³/mol. The van der Waals surface area contributed by atoms with Crippen molar-refractivity contribution < 1.29 is 44.2 Å². The van der Waals surface area contributed by atoms with E-state index in [0.29, 0.717) is 6.61 Å². The predicted octanol–water partition coefficient (Wildman–Crippen LogP) is -3.71. The Kier molecular flexibility index (Phi) is 10.5. The molecule has 3 nitrogen and oxygen atoms in total. The summed E-state index contributed by atoms with van der Waals surface area (Å²) in [4.78, 5) is 9.60. The Hall–Kier alpha value is 0.0100. The van der Waals surface area contributed by atoms with Crippen molar-refractivity contribution in [2.45, 2.75) is 6.92 Å². The summed E-state index contributed by atoms with van der Waals surface area (Å²) in [6.45, 7) is 2.24. The van der Waals surface area contributed by atoms with Gasteiger partial charge in [-0.15, -0.1) is 0 Å². The van der Waals surface area contributed by atoms with Crippen molar-refractivity contribution in [3.05, 3.63) is 12.3 Å². The molecule has 0 fully saturated rings. The Bertz CT molecular complexity index is 100. The Morgan fingerprint density at radius 2 is 2.33 bits per heavy atom. The second-order valence-corrected chi connectivity index (χ2v) is 1.08. The first-order valence-corrected chi connectivity index (χ1v) is 2.26. The Balaban J connectivity index is 0. The van der Waals surface area contributed by atoms with E-state index in [0.717, 1.165) is 12.3 Å². The summed E-state index contributed by atoms with van der Waals surface area (Å²) in [5.74, 6) is -1.24. The molecule has 0 aromatic carbocycles. The number of hydrogen-bond donors (Lipinski definition) is 0. The largest absolute Gasteiger partial charge is 1.00 e. The van der Waals surface area contributed by atoms with Gasteiger partial charge in [0.05, 0.1) is 18.8 Å². The summed E-state index contributed by atoms with van der Waals surface area (Å²) in [5, 5.41) is 9.60. The molecule has 0 rings (SSSR count). The van der Waals surface area contributed by atoms with Gasteiger partial charge in [0, 0.05) is 0 Å². The van der Waals surface area contributed by atoms with Gasteiger partial charge < -0.3 is 14.6 Å². The van der Waals surface area contributed by atoms with Crippen molar-refractivity contribution in [2.24, 2.45) is 0 Å². The van der Waals surface area contributed by atoms with Gasteiger partial charge in [0.1, 0.15) is 0 Å². The first kappa shape index (κ1) is 11.8. The smallest absolute Gasteiger partial charge is 0.545 e. The molecule has 0 saturated heterocycles. The molecule has 0 amide bonds. The molecule has 0 aliphatic heterocycles. The van der Waals surface area contributed by atoms with Gasteiger partial charge in [0.15, 0.2) is 0 Å². The zero-order chi connectivity index (χ0) is 6.41. The van der Waals surface area contributed by atoms with Crippen LogP contribution in [0.5, 0.6) is 0 Å². The van der Waals surface area contributed by atoms with E-state index in [-0.39, 0.29) is 29.6 Å². The SMILES string of the molecule is CCO/C=C/C(=O)[O-].[Na+]. The average Bonchev–Trinajstić information content (AvgIpc) is 1.66. The third-order valence-corrected chi connectivity index (χ3v) is 0.467. The maximum absolute atomic E-state index is 9.60. The van der Waals surface area contributed by atoms with Crippen LogP contribution in [0, 0.1) is 0 Å². The van der Waals surface area contributed by atoms with E-state index in [9.17, 15) is 9.90 Å². The van der Waals surface area contributed by atoms with Crippen molar-refractivity contribution in [3.63, 3.8) is 0 Å². The van der Waals surface area contributed by atoms with Crippen molar-refractivity contribution in [3.8, 4) is 0 Å². The van der Waals surface area contributed by atoms with Gasteiger partial charge in [0.25, 0.3) is 0 Å². The molecular weight excluding hydrogens is 131 g/mol. The molecule has 0 spiro atoms. The molecular formula is C5H7NaO3. The molecule has 0 saturated carbocycles. The van der Waals surface area contributed by atoms with Gasteiger partial charge in [-0.2, -0.15) is 0 Å². The van der Waals surface area contributed by atoms with Gasteiger partial charge in [-0.05, 0) is 13.0 Å². The van der Waals surface area contributed by atoms with Crippen LogP contribution in [0.1, 0.15) is 6.92 Å². The van der Waals surface area contributed by atoms with E-state index in [2.05, 4.69) is 4.74 Å². The molecule has 0 N–H and O–H groups in total. The van der Waals surface area contributed by atoms with Crippen LogP contribution in [0.3, 0.4) is 0 Å². The van der Waals surface area contributed by atoms with E-state index >= 15 is 0 Å². The normalized spacial score (nSPS) is 8.56. The fourth-order valence-electron chi connectivity index (χ4n) is 0.200. The minimum absolute atomic E-state index is 0. The van der Waals surface area contributed by atoms with Gasteiger partial charge in [0.2, 0.25) is 0 Å². The molecule has 0 radical (unpaired) electrons. The summed E-state index contributed by atoms with van der Waals surface area (Å²) in [7, 11) is 0. The van der Waals surface area contributed by atoms with Crippen LogP contribution >= 0.6 is 0 Å². The maximum Gasteiger partial charge on any atom is 1.00 e. The number of ether oxygens (including phenoxy) is 1. The number of carboxylic acid groups (broad SMARTS) is 1. The topological polar surface area (TPSA) is 49.4 Å². The summed E-state index contributed by atoms with van der Waals surface area (Å²) >= 11 is 0. The number of rotatable bonds is 3. The van der Waals surface area contributed by atoms with E-state index in [1.54, 1.807) is 6.92 Å². The minimum Gasteiger partial charge on any atom is -0.545 e. The summed E-state index contributed by atoms with van der Waals surface area (Å²) in [6.07, 6.45) is 1.93. The molecule has 0 atom stereocenters. The molecule has 46 valence electrons. The summed E-state index contributed by atoms with van der Waals surface area (Å²) in [5.41, 5.74) is 0. The first-order valence-electron chi connectivity index (χ1n) is 2.26. The second-order valence-electron chi connectivity index (χ2n) is 1.08. The third kappa shape index (κ3) is 11.5. The molecule has 0 heterocycles. The number of carbonyl (C=O) groups excluding carboxylic acids is 1. The Morgan fingerprint density at radius 3 is 2.67 bits per heavy atom. The minimum atomic E-state index is -1.24. The van der Waals surface area contributed by atoms with E-state index in [1.165, 1.54) is 0 Å². The molecule has 0 aliphatic rings. The van der Waals surface area contributed by atoms with Crippen LogP contribution in [0.15, 0.2) is 12.3 Å². The second kappa shape index (κ2) is 8.01. The quantitative estimate of drug-likeness (QED) is 0.229. The number of carbonyl (C=O) groups is 1. The van der Waals surface area contributed by atoms with E-state index < -0.39 is 5.97 Å². The fraction of sp³-hybridized carbons (Fsp3) is 0.400. The number of aliphatic carboxylic acids is 1. The molecule has 0 unspecified atom stereocenters. The van der Waals surface area contributed by atoms with Crippen LogP contribution in [0.2, 0.25) is 0 Å².